The topological polar surface area (TPSA) is 15.3 Å². The second kappa shape index (κ2) is 8.23. The molecule has 0 spiro atoms. The maximum absolute atomic E-state index is 6.30. The van der Waals surface area contributed by atoms with Gasteiger partial charge in [-0.2, -0.15) is 0 Å². The van der Waals surface area contributed by atoms with Crippen LogP contribution in [0.1, 0.15) is 38.8 Å². The first-order valence-corrected chi connectivity index (χ1v) is 7.91. The van der Waals surface area contributed by atoms with Crippen molar-refractivity contribution >= 4 is 23.2 Å². The van der Waals surface area contributed by atoms with Crippen LogP contribution in [0.15, 0.2) is 18.2 Å². The van der Waals surface area contributed by atoms with E-state index in [0.717, 1.165) is 18.5 Å². The van der Waals surface area contributed by atoms with Gasteiger partial charge in [0, 0.05) is 18.6 Å². The van der Waals surface area contributed by atoms with Crippen LogP contribution in [0.5, 0.6) is 0 Å². The molecule has 0 aromatic heterocycles. The fourth-order valence-electron chi connectivity index (χ4n) is 2.50. The van der Waals surface area contributed by atoms with Gasteiger partial charge in [0.1, 0.15) is 0 Å². The summed E-state index contributed by atoms with van der Waals surface area (Å²) >= 11 is 12.4. The Morgan fingerprint density at radius 1 is 1.15 bits per heavy atom. The summed E-state index contributed by atoms with van der Waals surface area (Å²) in [5.41, 5.74) is 1.06. The quantitative estimate of drug-likeness (QED) is 0.789. The Hall–Kier alpha value is -0.280. The van der Waals surface area contributed by atoms with Crippen molar-refractivity contribution in [1.82, 2.24) is 10.2 Å². The lowest BCUT2D eigenvalue weighted by Crippen LogP contribution is -2.40. The molecule has 20 heavy (non-hydrogen) atoms. The highest BCUT2D eigenvalue weighted by atomic mass is 35.5. The van der Waals surface area contributed by atoms with Gasteiger partial charge in [0.05, 0.1) is 10.0 Å². The fourth-order valence-corrected chi connectivity index (χ4v) is 2.97. The molecule has 2 nitrogen and oxygen atoms in total. The highest BCUT2D eigenvalue weighted by molar-refractivity contribution is 6.42. The zero-order chi connectivity index (χ0) is 15.3. The van der Waals surface area contributed by atoms with Crippen molar-refractivity contribution in [2.45, 2.75) is 39.3 Å². The van der Waals surface area contributed by atoms with Gasteiger partial charge in [0.25, 0.3) is 0 Å². The molecule has 1 N–H and O–H groups in total. The number of rotatable bonds is 7. The lowest BCUT2D eigenvalue weighted by molar-refractivity contribution is 0.291. The van der Waals surface area contributed by atoms with E-state index in [1.165, 1.54) is 0 Å². The highest BCUT2D eigenvalue weighted by Crippen LogP contribution is 2.30. The molecular formula is C16H26Cl2N2. The van der Waals surface area contributed by atoms with E-state index in [2.05, 4.69) is 45.1 Å². The summed E-state index contributed by atoms with van der Waals surface area (Å²) in [4.78, 5) is 2.21. The van der Waals surface area contributed by atoms with Gasteiger partial charge < -0.3 is 10.2 Å². The summed E-state index contributed by atoms with van der Waals surface area (Å²) in [7, 11) is 4.21. The van der Waals surface area contributed by atoms with E-state index in [9.17, 15) is 0 Å². The normalized spacial score (nSPS) is 14.8. The van der Waals surface area contributed by atoms with Crippen LogP contribution < -0.4 is 5.32 Å². The van der Waals surface area contributed by atoms with Gasteiger partial charge in [0.15, 0.2) is 0 Å². The maximum Gasteiger partial charge on any atom is 0.0639 e. The zero-order valence-corrected chi connectivity index (χ0v) is 14.6. The SMILES string of the molecule is CC(C)CC(CN(C)C)NC(C)c1cccc(Cl)c1Cl. The van der Waals surface area contributed by atoms with E-state index in [1.54, 1.807) is 0 Å². The van der Waals surface area contributed by atoms with Gasteiger partial charge >= 0.3 is 0 Å². The van der Waals surface area contributed by atoms with Crippen molar-refractivity contribution in [2.75, 3.05) is 20.6 Å². The van der Waals surface area contributed by atoms with Gasteiger partial charge in [0.2, 0.25) is 0 Å². The smallest absolute Gasteiger partial charge is 0.0639 e. The Kier molecular flexibility index (Phi) is 7.32. The maximum atomic E-state index is 6.30. The van der Waals surface area contributed by atoms with Crippen LogP contribution in [0, 0.1) is 5.92 Å². The largest absolute Gasteiger partial charge is 0.308 e. The lowest BCUT2D eigenvalue weighted by Gasteiger charge is -2.28. The number of benzene rings is 1. The van der Waals surface area contributed by atoms with Crippen LogP contribution in [-0.2, 0) is 0 Å². The molecule has 1 rings (SSSR count). The van der Waals surface area contributed by atoms with E-state index in [1.807, 2.05) is 18.2 Å². The molecule has 0 aliphatic heterocycles. The third-order valence-corrected chi connectivity index (χ3v) is 4.11. The van der Waals surface area contributed by atoms with E-state index in [-0.39, 0.29) is 6.04 Å². The standard InChI is InChI=1S/C16H26Cl2N2/c1-11(2)9-13(10-20(4)5)19-12(3)14-7-6-8-15(17)16(14)18/h6-8,11-13,19H,9-10H2,1-5H3. The average Bonchev–Trinajstić information content (AvgIpc) is 2.30. The van der Waals surface area contributed by atoms with Gasteiger partial charge in [-0.1, -0.05) is 49.2 Å². The highest BCUT2D eigenvalue weighted by Gasteiger charge is 2.18. The minimum atomic E-state index is 0.185. The van der Waals surface area contributed by atoms with Crippen LogP contribution in [0.25, 0.3) is 0 Å². The Balaban J connectivity index is 2.78. The molecule has 0 amide bonds. The number of halogens is 2. The van der Waals surface area contributed by atoms with Crippen molar-refractivity contribution in [3.8, 4) is 0 Å². The second-order valence-corrected chi connectivity index (χ2v) is 6.91. The summed E-state index contributed by atoms with van der Waals surface area (Å²) in [5, 5.41) is 4.95. The lowest BCUT2D eigenvalue weighted by atomic mass is 10.0. The molecule has 2 atom stereocenters. The third-order valence-electron chi connectivity index (χ3n) is 3.28. The zero-order valence-electron chi connectivity index (χ0n) is 13.1. The molecule has 0 aliphatic carbocycles. The number of hydrogen-bond acceptors (Lipinski definition) is 2. The summed E-state index contributed by atoms with van der Waals surface area (Å²) in [6, 6.07) is 6.44. The first-order valence-electron chi connectivity index (χ1n) is 7.16. The predicted molar refractivity (Wildman–Crippen MR) is 89.8 cm³/mol. The van der Waals surface area contributed by atoms with Gasteiger partial charge in [-0.25, -0.2) is 0 Å². The number of nitrogens with one attached hydrogen (secondary N) is 1. The van der Waals surface area contributed by atoms with E-state index in [4.69, 9.17) is 23.2 Å². The first kappa shape index (κ1) is 17.8. The van der Waals surface area contributed by atoms with E-state index >= 15 is 0 Å². The Bertz CT molecular complexity index is 409. The molecule has 1 aromatic rings. The van der Waals surface area contributed by atoms with Crippen molar-refractivity contribution in [1.29, 1.82) is 0 Å². The second-order valence-electron chi connectivity index (χ2n) is 6.12. The molecule has 0 fully saturated rings. The number of nitrogens with zero attached hydrogens (tertiary/aromatic N) is 1. The molecule has 1 aromatic carbocycles. The molecule has 0 aliphatic rings. The third kappa shape index (κ3) is 5.61. The molecule has 0 radical (unpaired) electrons. The van der Waals surface area contributed by atoms with Gasteiger partial charge in [-0.3, -0.25) is 0 Å². The monoisotopic (exact) mass is 316 g/mol. The average molecular weight is 317 g/mol. The minimum Gasteiger partial charge on any atom is -0.308 e. The molecule has 4 heteroatoms. The van der Waals surface area contributed by atoms with Crippen molar-refractivity contribution < 1.29 is 0 Å². The first-order chi connectivity index (χ1) is 9.31. The molecule has 0 saturated carbocycles. The molecule has 114 valence electrons. The Morgan fingerprint density at radius 3 is 2.35 bits per heavy atom. The Morgan fingerprint density at radius 2 is 1.80 bits per heavy atom. The molecule has 2 unspecified atom stereocenters. The molecule has 0 bridgehead atoms. The number of hydrogen-bond donors (Lipinski definition) is 1. The minimum absolute atomic E-state index is 0.185. The van der Waals surface area contributed by atoms with Crippen LogP contribution in [0.2, 0.25) is 10.0 Å². The van der Waals surface area contributed by atoms with Crippen molar-refractivity contribution in [3.05, 3.63) is 33.8 Å². The summed E-state index contributed by atoms with van der Waals surface area (Å²) < 4.78 is 0. The number of likely N-dealkylation sites (N-methyl/N-ethyl adjacent to an activating group) is 1. The van der Waals surface area contributed by atoms with E-state index < -0.39 is 0 Å². The summed E-state index contributed by atoms with van der Waals surface area (Å²) in [6.45, 7) is 7.66. The summed E-state index contributed by atoms with van der Waals surface area (Å²) in [6.07, 6.45) is 1.14. The van der Waals surface area contributed by atoms with Gasteiger partial charge in [-0.05, 0) is 45.0 Å². The molecule has 0 heterocycles. The van der Waals surface area contributed by atoms with E-state index in [0.29, 0.717) is 22.0 Å². The predicted octanol–water partition coefficient (Wildman–Crippen LogP) is 4.62. The Labute approximate surface area is 133 Å². The van der Waals surface area contributed by atoms with Crippen molar-refractivity contribution in [2.24, 2.45) is 5.92 Å². The van der Waals surface area contributed by atoms with Crippen LogP contribution >= 0.6 is 23.2 Å². The van der Waals surface area contributed by atoms with Crippen LogP contribution in [0.3, 0.4) is 0 Å². The van der Waals surface area contributed by atoms with Crippen LogP contribution in [-0.4, -0.2) is 31.6 Å². The molecular weight excluding hydrogens is 291 g/mol. The molecule has 0 saturated heterocycles. The van der Waals surface area contributed by atoms with Gasteiger partial charge in [-0.15, -0.1) is 0 Å². The summed E-state index contributed by atoms with van der Waals surface area (Å²) in [5.74, 6) is 0.662. The van der Waals surface area contributed by atoms with Crippen molar-refractivity contribution in [3.63, 3.8) is 0 Å². The van der Waals surface area contributed by atoms with Crippen LogP contribution in [0.4, 0.5) is 0 Å². The fraction of sp³-hybridized carbons (Fsp3) is 0.625.